The molecule has 2 aromatic rings. The second kappa shape index (κ2) is 8.42. The molecule has 0 saturated carbocycles. The first kappa shape index (κ1) is 20.1. The largest absolute Gasteiger partial charge is 0.489 e. The molecule has 0 amide bonds. The van der Waals surface area contributed by atoms with E-state index in [4.69, 9.17) is 21.1 Å². The van der Waals surface area contributed by atoms with E-state index in [1.807, 2.05) is 0 Å². The van der Waals surface area contributed by atoms with Crippen molar-refractivity contribution < 1.29 is 22.6 Å². The van der Waals surface area contributed by atoms with Crippen LogP contribution in [0.1, 0.15) is 11.1 Å². The van der Waals surface area contributed by atoms with Crippen molar-refractivity contribution >= 4 is 43.5 Å². The standard InChI is InChI=1S/C16H11Br2ClF3NO2/c1-9-6-11(24-5-4-14(17)18)2-3-13(9)25-15-12(19)7-10(8-23-15)16(20,21)22/h2-4,6-8H,5H2,1H3. The van der Waals surface area contributed by atoms with Gasteiger partial charge in [0.15, 0.2) is 0 Å². The van der Waals surface area contributed by atoms with Crippen molar-refractivity contribution in [2.75, 3.05) is 6.61 Å². The van der Waals surface area contributed by atoms with Crippen LogP contribution in [0.5, 0.6) is 17.4 Å². The van der Waals surface area contributed by atoms with E-state index in [0.29, 0.717) is 24.3 Å². The number of halogens is 6. The van der Waals surface area contributed by atoms with Gasteiger partial charge in [0, 0.05) is 6.20 Å². The van der Waals surface area contributed by atoms with E-state index in [9.17, 15) is 13.2 Å². The number of hydrogen-bond donors (Lipinski definition) is 0. The first-order valence-corrected chi connectivity index (χ1v) is 8.78. The summed E-state index contributed by atoms with van der Waals surface area (Å²) < 4.78 is 49.7. The third kappa shape index (κ3) is 5.90. The number of benzene rings is 1. The number of aryl methyl sites for hydroxylation is 1. The van der Waals surface area contributed by atoms with Crippen LogP contribution in [0.25, 0.3) is 0 Å². The molecule has 0 spiro atoms. The van der Waals surface area contributed by atoms with Gasteiger partial charge in [0.05, 0.1) is 8.96 Å². The van der Waals surface area contributed by atoms with Gasteiger partial charge in [-0.3, -0.25) is 0 Å². The first-order chi connectivity index (χ1) is 11.7. The molecule has 0 atom stereocenters. The van der Waals surface area contributed by atoms with Gasteiger partial charge in [0.2, 0.25) is 5.88 Å². The van der Waals surface area contributed by atoms with Crippen molar-refractivity contribution in [2.24, 2.45) is 0 Å². The Kier molecular flexibility index (Phi) is 6.76. The molecule has 2 rings (SSSR count). The van der Waals surface area contributed by atoms with Crippen molar-refractivity contribution in [2.45, 2.75) is 13.1 Å². The van der Waals surface area contributed by atoms with Crippen molar-refractivity contribution in [3.63, 3.8) is 0 Å². The van der Waals surface area contributed by atoms with E-state index in [1.54, 1.807) is 31.2 Å². The monoisotopic (exact) mass is 499 g/mol. The molecule has 134 valence electrons. The molecule has 0 aliphatic carbocycles. The second-order valence-corrected chi connectivity index (χ2v) is 8.02. The normalized spacial score (nSPS) is 11.2. The van der Waals surface area contributed by atoms with Crippen LogP contribution in [0.2, 0.25) is 5.02 Å². The number of pyridine rings is 1. The lowest BCUT2D eigenvalue weighted by molar-refractivity contribution is -0.137. The minimum Gasteiger partial charge on any atom is -0.489 e. The van der Waals surface area contributed by atoms with Gasteiger partial charge in [-0.05, 0) is 74.7 Å². The van der Waals surface area contributed by atoms with E-state index in [2.05, 4.69) is 36.8 Å². The fourth-order valence-electron chi connectivity index (χ4n) is 1.79. The molecule has 1 heterocycles. The predicted molar refractivity (Wildman–Crippen MR) is 96.9 cm³/mol. The Bertz CT molecular complexity index is 793. The number of nitrogens with zero attached hydrogens (tertiary/aromatic N) is 1. The van der Waals surface area contributed by atoms with Crippen LogP contribution in [0.3, 0.4) is 0 Å². The molecular formula is C16H11Br2ClF3NO2. The Morgan fingerprint density at radius 2 is 2.00 bits per heavy atom. The van der Waals surface area contributed by atoms with Crippen LogP contribution < -0.4 is 9.47 Å². The van der Waals surface area contributed by atoms with Gasteiger partial charge in [-0.15, -0.1) is 0 Å². The lowest BCUT2D eigenvalue weighted by Gasteiger charge is -2.12. The van der Waals surface area contributed by atoms with Crippen LogP contribution >= 0.6 is 43.5 Å². The average Bonchev–Trinajstić information content (AvgIpc) is 2.50. The van der Waals surface area contributed by atoms with Crippen molar-refractivity contribution in [3.05, 3.63) is 56.1 Å². The fraction of sp³-hybridized carbons (Fsp3) is 0.188. The lowest BCUT2D eigenvalue weighted by atomic mass is 10.2. The molecule has 25 heavy (non-hydrogen) atoms. The highest BCUT2D eigenvalue weighted by molar-refractivity contribution is 9.28. The molecular weight excluding hydrogens is 490 g/mol. The fourth-order valence-corrected chi connectivity index (χ4v) is 2.26. The molecule has 0 unspecified atom stereocenters. The van der Waals surface area contributed by atoms with Crippen LogP contribution in [-0.2, 0) is 6.18 Å². The van der Waals surface area contributed by atoms with Gasteiger partial charge >= 0.3 is 6.18 Å². The Hall–Kier alpha value is -1.25. The summed E-state index contributed by atoms with van der Waals surface area (Å²) in [5.41, 5.74) is -0.214. The quantitative estimate of drug-likeness (QED) is 0.448. The summed E-state index contributed by atoms with van der Waals surface area (Å²) >= 11 is 12.3. The maximum absolute atomic E-state index is 12.6. The summed E-state index contributed by atoms with van der Waals surface area (Å²) in [6.07, 6.45) is -2.05. The third-order valence-electron chi connectivity index (χ3n) is 2.98. The zero-order valence-corrected chi connectivity index (χ0v) is 16.6. The van der Waals surface area contributed by atoms with Gasteiger partial charge in [0.1, 0.15) is 23.1 Å². The van der Waals surface area contributed by atoms with Crippen LogP contribution in [0, 0.1) is 6.92 Å². The number of rotatable bonds is 5. The Balaban J connectivity index is 2.14. The highest BCUT2D eigenvalue weighted by Crippen LogP contribution is 2.35. The minimum atomic E-state index is -4.51. The van der Waals surface area contributed by atoms with Gasteiger partial charge in [0.25, 0.3) is 0 Å². The summed E-state index contributed by atoms with van der Waals surface area (Å²) in [7, 11) is 0. The molecule has 0 aliphatic heterocycles. The molecule has 1 aromatic carbocycles. The number of ether oxygens (including phenoxy) is 2. The molecule has 0 bridgehead atoms. The molecule has 1 aromatic heterocycles. The van der Waals surface area contributed by atoms with Crippen LogP contribution in [-0.4, -0.2) is 11.6 Å². The van der Waals surface area contributed by atoms with Gasteiger partial charge in [-0.1, -0.05) is 11.6 Å². The number of hydrogen-bond acceptors (Lipinski definition) is 3. The van der Waals surface area contributed by atoms with Crippen LogP contribution in [0.4, 0.5) is 13.2 Å². The third-order valence-corrected chi connectivity index (χ3v) is 3.89. The molecule has 0 radical (unpaired) electrons. The van der Waals surface area contributed by atoms with Crippen molar-refractivity contribution in [3.8, 4) is 17.4 Å². The highest BCUT2D eigenvalue weighted by Gasteiger charge is 2.31. The summed E-state index contributed by atoms with van der Waals surface area (Å²) in [6.45, 7) is 2.13. The SMILES string of the molecule is Cc1cc(OCC=C(Br)Br)ccc1Oc1ncc(C(F)(F)F)cc1Cl. The van der Waals surface area contributed by atoms with Crippen LogP contribution in [0.15, 0.2) is 39.9 Å². The summed E-state index contributed by atoms with van der Waals surface area (Å²) in [4.78, 5) is 3.65. The van der Waals surface area contributed by atoms with E-state index < -0.39 is 11.7 Å². The van der Waals surface area contributed by atoms with Gasteiger partial charge in [-0.2, -0.15) is 13.2 Å². The summed E-state index contributed by atoms with van der Waals surface area (Å²) in [5.74, 6) is 0.935. The average molecular weight is 502 g/mol. The number of aromatic nitrogens is 1. The Morgan fingerprint density at radius 1 is 1.28 bits per heavy atom. The molecule has 0 aliphatic rings. The van der Waals surface area contributed by atoms with Crippen molar-refractivity contribution in [1.82, 2.24) is 4.98 Å². The van der Waals surface area contributed by atoms with Gasteiger partial charge in [-0.25, -0.2) is 4.98 Å². The van der Waals surface area contributed by atoms with Crippen molar-refractivity contribution in [1.29, 1.82) is 0 Å². The maximum atomic E-state index is 12.6. The predicted octanol–water partition coefficient (Wildman–Crippen LogP) is 6.86. The first-order valence-electron chi connectivity index (χ1n) is 6.82. The maximum Gasteiger partial charge on any atom is 0.417 e. The summed E-state index contributed by atoms with van der Waals surface area (Å²) in [6, 6.07) is 5.83. The zero-order chi connectivity index (χ0) is 18.6. The number of alkyl halides is 3. The van der Waals surface area contributed by atoms with E-state index in [0.717, 1.165) is 15.0 Å². The van der Waals surface area contributed by atoms with Gasteiger partial charge < -0.3 is 9.47 Å². The zero-order valence-electron chi connectivity index (χ0n) is 12.7. The lowest BCUT2D eigenvalue weighted by Crippen LogP contribution is -2.06. The summed E-state index contributed by atoms with van der Waals surface area (Å²) in [5, 5.41) is -0.221. The van der Waals surface area contributed by atoms with E-state index in [1.165, 1.54) is 0 Å². The van der Waals surface area contributed by atoms with E-state index in [-0.39, 0.29) is 10.9 Å². The molecule has 3 nitrogen and oxygen atoms in total. The molecule has 0 fully saturated rings. The molecule has 0 saturated heterocycles. The van der Waals surface area contributed by atoms with E-state index >= 15 is 0 Å². The minimum absolute atomic E-state index is 0.0995. The topological polar surface area (TPSA) is 31.4 Å². The smallest absolute Gasteiger partial charge is 0.417 e. The Labute approximate surface area is 164 Å². The molecule has 0 N–H and O–H groups in total. The molecule has 9 heteroatoms. The Morgan fingerprint density at radius 3 is 2.56 bits per heavy atom. The second-order valence-electron chi connectivity index (χ2n) is 4.84. The highest BCUT2D eigenvalue weighted by atomic mass is 79.9.